The number of alkyl halides is 3. The Bertz CT molecular complexity index is 243. The number of carboxylic acids is 1. The van der Waals surface area contributed by atoms with Gasteiger partial charge in [-0.05, 0) is 19.4 Å². The molecule has 3 nitrogen and oxygen atoms in total. The fourth-order valence-corrected chi connectivity index (χ4v) is 1.99. The molecular weight excluding hydrogens is 223 g/mol. The van der Waals surface area contributed by atoms with Gasteiger partial charge in [0.15, 0.2) is 0 Å². The summed E-state index contributed by atoms with van der Waals surface area (Å²) in [5, 5.41) is 8.94. The first kappa shape index (κ1) is 13.3. The van der Waals surface area contributed by atoms with Crippen molar-refractivity contribution >= 4 is 5.97 Å². The molecule has 1 aliphatic heterocycles. The van der Waals surface area contributed by atoms with Crippen LogP contribution in [-0.4, -0.2) is 41.3 Å². The van der Waals surface area contributed by atoms with Gasteiger partial charge in [0, 0.05) is 6.54 Å². The van der Waals surface area contributed by atoms with Crippen molar-refractivity contribution in [2.75, 3.05) is 13.1 Å². The van der Waals surface area contributed by atoms with Crippen LogP contribution in [0.15, 0.2) is 0 Å². The summed E-state index contributed by atoms with van der Waals surface area (Å²) in [4.78, 5) is 12.4. The minimum Gasteiger partial charge on any atom is -0.480 e. The lowest BCUT2D eigenvalue weighted by Crippen LogP contribution is -2.42. The van der Waals surface area contributed by atoms with Crippen LogP contribution in [0.5, 0.6) is 0 Å². The molecule has 0 saturated carbocycles. The Labute approximate surface area is 92.2 Å². The topological polar surface area (TPSA) is 40.5 Å². The highest BCUT2D eigenvalue weighted by molar-refractivity contribution is 5.73. The van der Waals surface area contributed by atoms with Crippen LogP contribution in [0, 0.1) is 0 Å². The van der Waals surface area contributed by atoms with Crippen molar-refractivity contribution in [1.82, 2.24) is 4.90 Å². The molecule has 1 N–H and O–H groups in total. The van der Waals surface area contributed by atoms with Gasteiger partial charge in [-0.15, -0.1) is 0 Å². The largest absolute Gasteiger partial charge is 0.480 e. The molecule has 1 fully saturated rings. The quantitative estimate of drug-likeness (QED) is 0.821. The summed E-state index contributed by atoms with van der Waals surface area (Å²) in [5.41, 5.74) is 0. The Hall–Kier alpha value is -0.780. The number of likely N-dealkylation sites (tertiary alicyclic amines) is 1. The highest BCUT2D eigenvalue weighted by Crippen LogP contribution is 2.23. The molecule has 0 radical (unpaired) electrons. The van der Waals surface area contributed by atoms with Crippen molar-refractivity contribution in [2.45, 2.75) is 44.3 Å². The van der Waals surface area contributed by atoms with E-state index in [1.165, 1.54) is 4.90 Å². The van der Waals surface area contributed by atoms with E-state index in [0.29, 0.717) is 13.0 Å². The molecule has 0 bridgehead atoms. The standard InChI is InChI=1S/C10H16F3NO2/c11-10(12,13)5-7-14-6-3-1-2-4-8(14)9(15)16/h8H,1-7H2,(H,15,16). The first-order valence-electron chi connectivity index (χ1n) is 5.44. The van der Waals surface area contributed by atoms with Gasteiger partial charge in [-0.1, -0.05) is 12.8 Å². The van der Waals surface area contributed by atoms with Gasteiger partial charge in [-0.25, -0.2) is 0 Å². The number of rotatable bonds is 3. The Morgan fingerprint density at radius 1 is 1.31 bits per heavy atom. The fraction of sp³-hybridized carbons (Fsp3) is 0.900. The summed E-state index contributed by atoms with van der Waals surface area (Å²) in [5.74, 6) is -1.01. The smallest absolute Gasteiger partial charge is 0.390 e. The van der Waals surface area contributed by atoms with Gasteiger partial charge >= 0.3 is 12.1 Å². The minimum absolute atomic E-state index is 0.208. The lowest BCUT2D eigenvalue weighted by atomic mass is 10.1. The normalized spacial score (nSPS) is 24.1. The molecule has 1 unspecified atom stereocenters. The Kier molecular flexibility index (Phi) is 4.58. The molecule has 16 heavy (non-hydrogen) atoms. The van der Waals surface area contributed by atoms with Crippen molar-refractivity contribution in [1.29, 1.82) is 0 Å². The third-order valence-corrected chi connectivity index (χ3v) is 2.83. The average molecular weight is 239 g/mol. The van der Waals surface area contributed by atoms with E-state index in [1.807, 2.05) is 0 Å². The molecule has 0 aromatic heterocycles. The lowest BCUT2D eigenvalue weighted by molar-refractivity contribution is -0.150. The van der Waals surface area contributed by atoms with E-state index in [4.69, 9.17) is 5.11 Å². The number of aliphatic carboxylic acids is 1. The third-order valence-electron chi connectivity index (χ3n) is 2.83. The second kappa shape index (κ2) is 5.52. The summed E-state index contributed by atoms with van der Waals surface area (Å²) >= 11 is 0. The van der Waals surface area contributed by atoms with Gasteiger partial charge in [0.1, 0.15) is 6.04 Å². The first-order chi connectivity index (χ1) is 7.40. The summed E-state index contributed by atoms with van der Waals surface area (Å²) < 4.78 is 36.2. The summed E-state index contributed by atoms with van der Waals surface area (Å²) in [6.07, 6.45) is -2.24. The molecule has 1 aliphatic rings. The van der Waals surface area contributed by atoms with Crippen LogP contribution in [-0.2, 0) is 4.79 Å². The molecule has 0 amide bonds. The summed E-state index contributed by atoms with van der Waals surface area (Å²) in [7, 11) is 0. The number of halogens is 3. The van der Waals surface area contributed by atoms with E-state index in [0.717, 1.165) is 19.3 Å². The molecule has 1 saturated heterocycles. The molecule has 1 heterocycles. The van der Waals surface area contributed by atoms with Crippen LogP contribution in [0.4, 0.5) is 13.2 Å². The Morgan fingerprint density at radius 2 is 2.00 bits per heavy atom. The van der Waals surface area contributed by atoms with Crippen molar-refractivity contribution in [2.24, 2.45) is 0 Å². The van der Waals surface area contributed by atoms with E-state index in [1.54, 1.807) is 0 Å². The predicted molar refractivity (Wildman–Crippen MR) is 52.1 cm³/mol. The van der Waals surface area contributed by atoms with Crippen LogP contribution in [0.2, 0.25) is 0 Å². The molecule has 6 heteroatoms. The van der Waals surface area contributed by atoms with Crippen LogP contribution >= 0.6 is 0 Å². The number of nitrogens with zero attached hydrogens (tertiary/aromatic N) is 1. The number of hydrogen-bond acceptors (Lipinski definition) is 2. The third kappa shape index (κ3) is 4.38. The minimum atomic E-state index is -4.21. The molecule has 1 atom stereocenters. The molecule has 1 rings (SSSR count). The van der Waals surface area contributed by atoms with Crippen LogP contribution in [0.1, 0.15) is 32.1 Å². The second-order valence-electron chi connectivity index (χ2n) is 4.10. The van der Waals surface area contributed by atoms with Gasteiger partial charge in [0.05, 0.1) is 6.42 Å². The van der Waals surface area contributed by atoms with Gasteiger partial charge in [0.25, 0.3) is 0 Å². The zero-order valence-corrected chi connectivity index (χ0v) is 8.96. The monoisotopic (exact) mass is 239 g/mol. The van der Waals surface area contributed by atoms with Crippen LogP contribution in [0.25, 0.3) is 0 Å². The molecule has 94 valence electrons. The number of hydrogen-bond donors (Lipinski definition) is 1. The Morgan fingerprint density at radius 3 is 2.56 bits per heavy atom. The Balaban J connectivity index is 2.54. The van der Waals surface area contributed by atoms with Crippen molar-refractivity contribution in [3.63, 3.8) is 0 Å². The average Bonchev–Trinajstić information content (AvgIpc) is 2.38. The molecule has 0 spiro atoms. The zero-order chi connectivity index (χ0) is 12.2. The lowest BCUT2D eigenvalue weighted by Gasteiger charge is -2.26. The maximum atomic E-state index is 12.1. The van der Waals surface area contributed by atoms with E-state index in [9.17, 15) is 18.0 Å². The zero-order valence-electron chi connectivity index (χ0n) is 8.96. The van der Waals surface area contributed by atoms with Gasteiger partial charge < -0.3 is 5.11 Å². The van der Waals surface area contributed by atoms with E-state index in [-0.39, 0.29) is 6.54 Å². The summed E-state index contributed by atoms with van der Waals surface area (Å²) in [6.45, 7) is 0.244. The van der Waals surface area contributed by atoms with Crippen molar-refractivity contribution in [3.8, 4) is 0 Å². The first-order valence-corrected chi connectivity index (χ1v) is 5.44. The molecule has 0 aromatic rings. The summed E-state index contributed by atoms with van der Waals surface area (Å²) in [6, 6.07) is -0.746. The number of carbonyl (C=O) groups is 1. The second-order valence-corrected chi connectivity index (χ2v) is 4.10. The highest BCUT2D eigenvalue weighted by atomic mass is 19.4. The molecule has 0 aliphatic carbocycles. The maximum absolute atomic E-state index is 12.1. The van der Waals surface area contributed by atoms with Crippen LogP contribution < -0.4 is 0 Å². The number of carboxylic acid groups (broad SMARTS) is 1. The van der Waals surface area contributed by atoms with Crippen molar-refractivity contribution in [3.05, 3.63) is 0 Å². The van der Waals surface area contributed by atoms with E-state index in [2.05, 4.69) is 0 Å². The predicted octanol–water partition coefficient (Wildman–Crippen LogP) is 2.27. The fourth-order valence-electron chi connectivity index (χ4n) is 1.99. The maximum Gasteiger partial charge on any atom is 0.390 e. The van der Waals surface area contributed by atoms with Gasteiger partial charge in [-0.2, -0.15) is 13.2 Å². The van der Waals surface area contributed by atoms with Gasteiger partial charge in [-0.3, -0.25) is 9.69 Å². The van der Waals surface area contributed by atoms with Crippen molar-refractivity contribution < 1.29 is 23.1 Å². The molecule has 0 aromatic carbocycles. The van der Waals surface area contributed by atoms with Crippen LogP contribution in [0.3, 0.4) is 0 Å². The SMILES string of the molecule is O=C(O)C1CCCCCN1CCC(F)(F)F. The molecular formula is C10H16F3NO2. The highest BCUT2D eigenvalue weighted by Gasteiger charge is 2.32. The van der Waals surface area contributed by atoms with E-state index < -0.39 is 24.6 Å². The van der Waals surface area contributed by atoms with Gasteiger partial charge in [0.2, 0.25) is 0 Å². The van der Waals surface area contributed by atoms with E-state index >= 15 is 0 Å².